The van der Waals surface area contributed by atoms with Crippen LogP contribution in [-0.2, 0) is 4.79 Å². The van der Waals surface area contributed by atoms with Crippen molar-refractivity contribution in [2.45, 2.75) is 117 Å². The van der Waals surface area contributed by atoms with Crippen molar-refractivity contribution in [3.05, 3.63) is 28.8 Å². The van der Waals surface area contributed by atoms with Crippen LogP contribution in [0.5, 0.6) is 11.5 Å². The number of likely N-dealkylation sites (tertiary alicyclic amines) is 1. The average Bonchev–Trinajstić information content (AvgIpc) is 2.95. The van der Waals surface area contributed by atoms with Gasteiger partial charge in [-0.2, -0.15) is 0 Å². The lowest BCUT2D eigenvalue weighted by atomic mass is 9.79. The molecule has 3 heterocycles. The van der Waals surface area contributed by atoms with E-state index in [1.807, 2.05) is 0 Å². The Morgan fingerprint density at radius 1 is 1.07 bits per heavy atom. The summed E-state index contributed by atoms with van der Waals surface area (Å²) in [6, 6.07) is 4.36. The monoisotopic (exact) mass is 562 g/mol. The molecule has 2 unspecified atom stereocenters. The summed E-state index contributed by atoms with van der Waals surface area (Å²) in [4.78, 5) is 18.1. The molecule has 4 rings (SSSR count). The van der Waals surface area contributed by atoms with E-state index in [0.717, 1.165) is 50.2 Å². The molecule has 0 radical (unpaired) electrons. The standard InChI is InChI=1S/C36H54N2O3/c1-7-9-11-16-27(3)28(4)29-24-32(40-34(39)17-12-15-22-37-20-13-10-14-21-37)35-30-26-38(19-8-2)23-18-31(30)36(5,6)41-33(35)25-29/h2,24-25,27-28H,7,9-23,26H2,1,3-6H3. The van der Waals surface area contributed by atoms with Crippen molar-refractivity contribution in [2.24, 2.45) is 5.92 Å². The molecule has 0 amide bonds. The van der Waals surface area contributed by atoms with Gasteiger partial charge in [-0.15, -0.1) is 6.42 Å². The van der Waals surface area contributed by atoms with Crippen LogP contribution in [0.15, 0.2) is 17.7 Å². The van der Waals surface area contributed by atoms with E-state index in [-0.39, 0.29) is 5.97 Å². The third kappa shape index (κ3) is 8.17. The van der Waals surface area contributed by atoms with Gasteiger partial charge >= 0.3 is 5.97 Å². The molecule has 5 nitrogen and oxygen atoms in total. The second-order valence-electron chi connectivity index (χ2n) is 13.2. The average molecular weight is 563 g/mol. The third-order valence-corrected chi connectivity index (χ3v) is 9.64. The number of hydrogen-bond acceptors (Lipinski definition) is 5. The molecule has 3 aliphatic heterocycles. The van der Waals surface area contributed by atoms with Gasteiger partial charge in [-0.05, 0) is 106 Å². The van der Waals surface area contributed by atoms with Gasteiger partial charge < -0.3 is 14.4 Å². The molecular formula is C36H54N2O3. The quantitative estimate of drug-likeness (QED) is 0.106. The van der Waals surface area contributed by atoms with Crippen molar-refractivity contribution in [3.8, 4) is 23.8 Å². The topological polar surface area (TPSA) is 42.0 Å². The largest absolute Gasteiger partial charge is 0.483 e. The fourth-order valence-corrected chi connectivity index (χ4v) is 6.90. The molecular weight excluding hydrogens is 508 g/mol. The van der Waals surface area contributed by atoms with E-state index in [1.54, 1.807) is 0 Å². The van der Waals surface area contributed by atoms with Crippen LogP contribution in [0, 0.1) is 18.3 Å². The maximum Gasteiger partial charge on any atom is 0.311 e. The minimum atomic E-state index is -0.408. The summed E-state index contributed by atoms with van der Waals surface area (Å²) in [5.74, 6) is 5.05. The zero-order chi connectivity index (χ0) is 29.4. The van der Waals surface area contributed by atoms with Crippen LogP contribution < -0.4 is 9.47 Å². The number of carbonyl (C=O) groups excluding carboxylic acids is 1. The molecule has 1 fully saturated rings. The minimum absolute atomic E-state index is 0.144. The summed E-state index contributed by atoms with van der Waals surface area (Å²) in [5, 5.41) is 0. The number of benzene rings is 1. The Bertz CT molecular complexity index is 1110. The first-order valence-corrected chi connectivity index (χ1v) is 16.4. The smallest absolute Gasteiger partial charge is 0.311 e. The number of piperidine rings is 1. The molecule has 226 valence electrons. The molecule has 1 saturated heterocycles. The summed E-state index contributed by atoms with van der Waals surface area (Å²) >= 11 is 0. The van der Waals surface area contributed by atoms with Gasteiger partial charge in [0.05, 0.1) is 12.1 Å². The van der Waals surface area contributed by atoms with Crippen LogP contribution in [0.2, 0.25) is 0 Å². The van der Waals surface area contributed by atoms with Gasteiger partial charge in [-0.3, -0.25) is 9.69 Å². The molecule has 3 aliphatic rings. The van der Waals surface area contributed by atoms with Gasteiger partial charge in [0.25, 0.3) is 0 Å². The molecule has 0 spiro atoms. The first kappa shape index (κ1) is 31.6. The highest BCUT2D eigenvalue weighted by atomic mass is 16.5. The lowest BCUT2D eigenvalue weighted by Crippen LogP contribution is -2.42. The number of ether oxygens (including phenoxy) is 2. The van der Waals surface area contributed by atoms with Crippen molar-refractivity contribution >= 4 is 11.5 Å². The summed E-state index contributed by atoms with van der Waals surface area (Å²) < 4.78 is 13.0. The van der Waals surface area contributed by atoms with Gasteiger partial charge in [-0.1, -0.05) is 58.8 Å². The normalized spacial score (nSPS) is 20.4. The Morgan fingerprint density at radius 2 is 1.85 bits per heavy atom. The van der Waals surface area contributed by atoms with Crippen molar-refractivity contribution in [1.29, 1.82) is 0 Å². The number of fused-ring (bicyclic) bond motifs is 2. The molecule has 0 aromatic heterocycles. The zero-order valence-corrected chi connectivity index (χ0v) is 26.5. The second-order valence-corrected chi connectivity index (χ2v) is 13.2. The summed E-state index contributed by atoms with van der Waals surface area (Å²) in [6.07, 6.45) is 17.8. The molecule has 5 heteroatoms. The van der Waals surface area contributed by atoms with Crippen LogP contribution >= 0.6 is 0 Å². The maximum atomic E-state index is 13.3. The van der Waals surface area contributed by atoms with Crippen molar-refractivity contribution in [3.63, 3.8) is 0 Å². The van der Waals surface area contributed by atoms with E-state index >= 15 is 0 Å². The number of terminal acetylenes is 1. The van der Waals surface area contributed by atoms with Gasteiger partial charge in [0.1, 0.15) is 17.1 Å². The van der Waals surface area contributed by atoms with Crippen molar-refractivity contribution < 1.29 is 14.3 Å². The number of unbranched alkanes of at least 4 members (excludes halogenated alkanes) is 3. The number of nitrogens with zero attached hydrogens (tertiary/aromatic N) is 2. The molecule has 0 N–H and O–H groups in total. The van der Waals surface area contributed by atoms with Crippen LogP contribution in [0.3, 0.4) is 0 Å². The highest BCUT2D eigenvalue weighted by Crippen LogP contribution is 2.49. The Hall–Kier alpha value is -2.29. The van der Waals surface area contributed by atoms with Gasteiger partial charge in [0, 0.05) is 19.5 Å². The number of rotatable bonds is 13. The van der Waals surface area contributed by atoms with E-state index in [9.17, 15) is 4.79 Å². The molecule has 0 saturated carbocycles. The first-order chi connectivity index (χ1) is 19.7. The summed E-state index contributed by atoms with van der Waals surface area (Å²) in [5.41, 5.74) is 4.26. The van der Waals surface area contributed by atoms with Gasteiger partial charge in [-0.25, -0.2) is 0 Å². The molecule has 1 aromatic rings. The third-order valence-electron chi connectivity index (χ3n) is 9.64. The molecule has 41 heavy (non-hydrogen) atoms. The van der Waals surface area contributed by atoms with Crippen LogP contribution in [0.1, 0.15) is 122 Å². The first-order valence-electron chi connectivity index (χ1n) is 16.4. The molecule has 2 atom stereocenters. The summed E-state index contributed by atoms with van der Waals surface area (Å²) in [7, 11) is 0. The van der Waals surface area contributed by atoms with Crippen molar-refractivity contribution in [1.82, 2.24) is 9.80 Å². The van der Waals surface area contributed by atoms with Crippen LogP contribution in [0.25, 0.3) is 5.57 Å². The number of carbonyl (C=O) groups is 1. The van der Waals surface area contributed by atoms with E-state index in [4.69, 9.17) is 15.9 Å². The molecule has 0 aliphatic carbocycles. The van der Waals surface area contributed by atoms with Crippen LogP contribution in [-0.4, -0.2) is 60.6 Å². The lowest BCUT2D eigenvalue weighted by Gasteiger charge is -2.42. The SMILES string of the molecule is C#CCN1CCC2=C(C1)c1c(OC(=O)CCCCN3CCCCC3)cc(C(C)C(C)CCCCC)cc1OC2(C)C. The maximum absolute atomic E-state index is 13.3. The number of esters is 1. The second kappa shape index (κ2) is 14.7. The Balaban J connectivity index is 1.58. The van der Waals surface area contributed by atoms with E-state index in [1.165, 1.54) is 74.7 Å². The van der Waals surface area contributed by atoms with Crippen molar-refractivity contribution in [2.75, 3.05) is 39.3 Å². The Labute approximate surface area is 250 Å². The van der Waals surface area contributed by atoms with E-state index in [0.29, 0.717) is 30.6 Å². The predicted molar refractivity (Wildman–Crippen MR) is 169 cm³/mol. The fraction of sp³-hybridized carbons (Fsp3) is 0.694. The lowest BCUT2D eigenvalue weighted by molar-refractivity contribution is -0.134. The predicted octanol–water partition coefficient (Wildman–Crippen LogP) is 7.83. The van der Waals surface area contributed by atoms with E-state index in [2.05, 4.69) is 62.5 Å². The highest BCUT2D eigenvalue weighted by Gasteiger charge is 2.39. The van der Waals surface area contributed by atoms with E-state index < -0.39 is 5.60 Å². The fourth-order valence-electron chi connectivity index (χ4n) is 6.90. The molecule has 1 aromatic carbocycles. The Kier molecular flexibility index (Phi) is 11.4. The van der Waals surface area contributed by atoms with Gasteiger partial charge in [0.2, 0.25) is 0 Å². The molecule has 0 bridgehead atoms. The summed E-state index contributed by atoms with van der Waals surface area (Å²) in [6.45, 7) is 17.0. The van der Waals surface area contributed by atoms with Crippen LogP contribution in [0.4, 0.5) is 0 Å². The zero-order valence-electron chi connectivity index (χ0n) is 26.5. The van der Waals surface area contributed by atoms with Gasteiger partial charge in [0.15, 0.2) is 0 Å². The number of hydrogen-bond donors (Lipinski definition) is 0. The highest BCUT2D eigenvalue weighted by molar-refractivity contribution is 5.85. The minimum Gasteiger partial charge on any atom is -0.483 e. The Morgan fingerprint density at radius 3 is 2.59 bits per heavy atom.